The quantitative estimate of drug-likeness (QED) is 0.150. The van der Waals surface area contributed by atoms with Crippen molar-refractivity contribution >= 4 is 43.6 Å². The smallest absolute Gasteiger partial charge is 0.164 e. The third kappa shape index (κ3) is 6.69. The van der Waals surface area contributed by atoms with Gasteiger partial charge in [-0.15, -0.1) is 0 Å². The van der Waals surface area contributed by atoms with Gasteiger partial charge in [0.25, 0.3) is 0 Å². The largest absolute Gasteiger partial charge is 0.454 e. The maximum atomic E-state index is 6.57. The second kappa shape index (κ2) is 15.2. The van der Waals surface area contributed by atoms with Gasteiger partial charge in [0, 0.05) is 38.4 Å². The molecule has 0 radical (unpaired) electrons. The zero-order chi connectivity index (χ0) is 41.7. The second-order valence-corrected chi connectivity index (χ2v) is 15.8. The van der Waals surface area contributed by atoms with Gasteiger partial charge < -0.3 is 4.42 Å². The fourth-order valence-electron chi connectivity index (χ4n) is 8.65. The Labute approximate surface area is 363 Å². The van der Waals surface area contributed by atoms with Crippen LogP contribution in [-0.4, -0.2) is 19.9 Å². The Morgan fingerprint density at radius 1 is 0.286 bits per heavy atom. The zero-order valence-electron chi connectivity index (χ0n) is 34.0. The summed E-state index contributed by atoms with van der Waals surface area (Å²) in [6.45, 7) is 0. The summed E-state index contributed by atoms with van der Waals surface area (Å²) >= 11 is 0. The minimum absolute atomic E-state index is 0.612. The number of benzene rings is 9. The summed E-state index contributed by atoms with van der Waals surface area (Å²) in [6, 6.07) is 75.8. The number of aromatic nitrogens is 4. The Hall–Kier alpha value is -8.54. The molecule has 294 valence electrons. The summed E-state index contributed by atoms with van der Waals surface area (Å²) in [6.07, 6.45) is 0. The topological polar surface area (TPSA) is 64.7 Å². The molecule has 0 aliphatic rings. The second-order valence-electron chi connectivity index (χ2n) is 15.8. The van der Waals surface area contributed by atoms with E-state index in [1.807, 2.05) is 24.3 Å². The van der Waals surface area contributed by atoms with Gasteiger partial charge in [0.2, 0.25) is 0 Å². The minimum atomic E-state index is 0.612. The number of furan rings is 1. The third-order valence-electron chi connectivity index (χ3n) is 11.9. The summed E-state index contributed by atoms with van der Waals surface area (Å²) < 4.78 is 6.57. The van der Waals surface area contributed by atoms with Crippen LogP contribution in [0.5, 0.6) is 0 Å². The molecule has 12 aromatic rings. The SMILES string of the molecule is c1ccc(-c2ccc(-c3nc(-c4ccc(-c5ccccc5)cc4)nc(-c4ccc(-c5ccc(-c6nc7cc8ccccc8cc7c7c6oc6ccccc67)cc5)cc4)n3)cc2)cc1. The monoisotopic (exact) mass is 804 g/mol. The first kappa shape index (κ1) is 36.3. The number of pyridine rings is 1. The first-order valence-electron chi connectivity index (χ1n) is 21.1. The van der Waals surface area contributed by atoms with Crippen LogP contribution in [0.15, 0.2) is 223 Å². The van der Waals surface area contributed by atoms with Gasteiger partial charge in [0.1, 0.15) is 11.3 Å². The highest BCUT2D eigenvalue weighted by Crippen LogP contribution is 2.41. The van der Waals surface area contributed by atoms with E-state index >= 15 is 0 Å². The van der Waals surface area contributed by atoms with E-state index in [9.17, 15) is 0 Å². The van der Waals surface area contributed by atoms with Crippen molar-refractivity contribution in [2.75, 3.05) is 0 Å². The maximum absolute atomic E-state index is 6.57. The molecular weight excluding hydrogens is 769 g/mol. The molecule has 0 aliphatic carbocycles. The number of fused-ring (bicyclic) bond motifs is 6. The Balaban J connectivity index is 0.895. The van der Waals surface area contributed by atoms with E-state index in [4.69, 9.17) is 24.4 Å². The van der Waals surface area contributed by atoms with Gasteiger partial charge in [-0.1, -0.05) is 200 Å². The molecule has 5 nitrogen and oxygen atoms in total. The zero-order valence-corrected chi connectivity index (χ0v) is 34.0. The standard InChI is InChI=1S/C58H36N4O/c1-3-11-37(12-4-1)39-21-29-44(30-22-39)56-60-57(45-31-23-40(24-32-45)38-13-5-2-6-14-38)62-58(61-56)46-33-25-42(26-34-46)41-19-27-43(28-20-41)54-55-53(49-17-9-10-18-52(49)63-55)50-35-47-15-7-8-16-48(47)36-51(50)59-54/h1-36H. The summed E-state index contributed by atoms with van der Waals surface area (Å²) in [4.78, 5) is 20.4. The fourth-order valence-corrected chi connectivity index (χ4v) is 8.65. The highest BCUT2D eigenvalue weighted by molar-refractivity contribution is 6.22. The number of hydrogen-bond acceptors (Lipinski definition) is 5. The van der Waals surface area contributed by atoms with Crippen LogP contribution in [0, 0.1) is 0 Å². The summed E-state index contributed by atoms with van der Waals surface area (Å²) in [7, 11) is 0. The van der Waals surface area contributed by atoms with E-state index in [0.717, 1.165) is 99.6 Å². The average Bonchev–Trinajstić information content (AvgIpc) is 3.76. The highest BCUT2D eigenvalue weighted by Gasteiger charge is 2.19. The van der Waals surface area contributed by atoms with Crippen molar-refractivity contribution in [3.05, 3.63) is 218 Å². The van der Waals surface area contributed by atoms with Crippen LogP contribution in [0.3, 0.4) is 0 Å². The van der Waals surface area contributed by atoms with Gasteiger partial charge >= 0.3 is 0 Å². The Kier molecular flexibility index (Phi) is 8.75. The average molecular weight is 805 g/mol. The Morgan fingerprint density at radius 2 is 0.667 bits per heavy atom. The molecule has 0 spiro atoms. The number of rotatable bonds is 7. The van der Waals surface area contributed by atoms with Crippen LogP contribution in [0.1, 0.15) is 0 Å². The van der Waals surface area contributed by atoms with E-state index in [0.29, 0.717) is 17.5 Å². The predicted molar refractivity (Wildman–Crippen MR) is 258 cm³/mol. The molecule has 63 heavy (non-hydrogen) atoms. The van der Waals surface area contributed by atoms with E-state index in [2.05, 4.69) is 194 Å². The molecule has 0 saturated carbocycles. The molecular formula is C58H36N4O. The number of nitrogens with zero attached hydrogens (tertiary/aromatic N) is 4. The van der Waals surface area contributed by atoms with E-state index in [1.54, 1.807) is 0 Å². The Morgan fingerprint density at radius 3 is 1.16 bits per heavy atom. The molecule has 0 atom stereocenters. The molecule has 9 aromatic carbocycles. The van der Waals surface area contributed by atoms with Crippen LogP contribution < -0.4 is 0 Å². The molecule has 0 bridgehead atoms. The van der Waals surface area contributed by atoms with Crippen molar-refractivity contribution in [1.29, 1.82) is 0 Å². The number of para-hydroxylation sites is 1. The van der Waals surface area contributed by atoms with Crippen molar-refractivity contribution in [3.63, 3.8) is 0 Å². The minimum Gasteiger partial charge on any atom is -0.454 e. The van der Waals surface area contributed by atoms with Crippen LogP contribution >= 0.6 is 0 Å². The molecule has 0 amide bonds. The van der Waals surface area contributed by atoms with E-state index in [-0.39, 0.29) is 0 Å². The van der Waals surface area contributed by atoms with Crippen molar-refractivity contribution in [3.8, 4) is 78.8 Å². The number of hydrogen-bond donors (Lipinski definition) is 0. The lowest BCUT2D eigenvalue weighted by molar-refractivity contribution is 0.669. The third-order valence-corrected chi connectivity index (χ3v) is 11.9. The van der Waals surface area contributed by atoms with Crippen molar-refractivity contribution in [1.82, 2.24) is 19.9 Å². The molecule has 0 aliphatic heterocycles. The fraction of sp³-hybridized carbons (Fsp3) is 0. The van der Waals surface area contributed by atoms with Gasteiger partial charge in [-0.05, 0) is 62.4 Å². The molecule has 3 heterocycles. The maximum Gasteiger partial charge on any atom is 0.164 e. The molecule has 0 saturated heterocycles. The first-order chi connectivity index (χ1) is 31.2. The van der Waals surface area contributed by atoms with Gasteiger partial charge in [-0.25, -0.2) is 19.9 Å². The Bertz CT molecular complexity index is 3520. The van der Waals surface area contributed by atoms with E-state index in [1.165, 1.54) is 5.39 Å². The predicted octanol–water partition coefficient (Wildman–Crippen LogP) is 15.1. The van der Waals surface area contributed by atoms with Crippen LogP contribution in [0.2, 0.25) is 0 Å². The molecule has 0 N–H and O–H groups in total. The van der Waals surface area contributed by atoms with Gasteiger partial charge in [-0.3, -0.25) is 0 Å². The summed E-state index contributed by atoms with van der Waals surface area (Å²) in [5, 5.41) is 5.62. The van der Waals surface area contributed by atoms with Crippen molar-refractivity contribution in [2.24, 2.45) is 0 Å². The van der Waals surface area contributed by atoms with Crippen LogP contribution in [0.25, 0.3) is 122 Å². The van der Waals surface area contributed by atoms with Crippen molar-refractivity contribution in [2.45, 2.75) is 0 Å². The van der Waals surface area contributed by atoms with E-state index < -0.39 is 0 Å². The lowest BCUT2D eigenvalue weighted by Crippen LogP contribution is -2.00. The van der Waals surface area contributed by atoms with Gasteiger partial charge in [-0.2, -0.15) is 0 Å². The van der Waals surface area contributed by atoms with Crippen molar-refractivity contribution < 1.29 is 4.42 Å². The molecule has 0 fully saturated rings. The van der Waals surface area contributed by atoms with Gasteiger partial charge in [0.05, 0.1) is 5.52 Å². The molecule has 0 unspecified atom stereocenters. The molecule has 3 aromatic heterocycles. The molecule has 12 rings (SSSR count). The lowest BCUT2D eigenvalue weighted by Gasteiger charge is -2.11. The summed E-state index contributed by atoms with van der Waals surface area (Å²) in [5.41, 5.74) is 13.9. The first-order valence-corrected chi connectivity index (χ1v) is 21.1. The molecule has 5 heteroatoms. The lowest BCUT2D eigenvalue weighted by atomic mass is 9.98. The highest BCUT2D eigenvalue weighted by atomic mass is 16.3. The normalized spacial score (nSPS) is 11.5. The van der Waals surface area contributed by atoms with Gasteiger partial charge in [0.15, 0.2) is 23.1 Å². The van der Waals surface area contributed by atoms with Crippen LogP contribution in [0.4, 0.5) is 0 Å². The van der Waals surface area contributed by atoms with Crippen LogP contribution in [-0.2, 0) is 0 Å². The summed E-state index contributed by atoms with van der Waals surface area (Å²) in [5.74, 6) is 1.85.